The summed E-state index contributed by atoms with van der Waals surface area (Å²) in [5.41, 5.74) is 3.07. The number of aliphatic imine (C=N–C) groups is 1. The van der Waals surface area contributed by atoms with Gasteiger partial charge in [0, 0.05) is 13.3 Å². The lowest BCUT2D eigenvalue weighted by molar-refractivity contribution is 0.289. The summed E-state index contributed by atoms with van der Waals surface area (Å²) in [5.74, 6) is 2.26. The highest BCUT2D eigenvalue weighted by atomic mass is 16.5. The fraction of sp³-hybridized carbons (Fsp3) is 0.300. The molecule has 3 aromatic rings. The van der Waals surface area contributed by atoms with E-state index >= 15 is 0 Å². The molecule has 1 heterocycles. The van der Waals surface area contributed by atoms with E-state index in [0.717, 1.165) is 35.4 Å². The van der Waals surface area contributed by atoms with Gasteiger partial charge in [0.1, 0.15) is 5.75 Å². The number of benzene rings is 2. The van der Waals surface area contributed by atoms with Crippen molar-refractivity contribution in [1.29, 1.82) is 0 Å². The molecule has 0 amide bonds. The third-order valence-electron chi connectivity index (χ3n) is 3.94. The maximum absolute atomic E-state index is 5.73. The molecule has 24 heavy (non-hydrogen) atoms. The Balaban J connectivity index is 1.68. The van der Waals surface area contributed by atoms with Gasteiger partial charge in [0.25, 0.3) is 0 Å². The van der Waals surface area contributed by atoms with Crippen molar-refractivity contribution in [3.05, 3.63) is 54.1 Å². The molecule has 0 atom stereocenters. The molecule has 0 N–H and O–H groups in total. The molecule has 4 heteroatoms. The molecule has 124 valence electrons. The molecule has 4 nitrogen and oxygen atoms in total. The van der Waals surface area contributed by atoms with E-state index in [1.807, 2.05) is 66.4 Å². The largest absolute Gasteiger partial charge is 0.494 e. The molecule has 0 spiro atoms. The second-order valence-electron chi connectivity index (χ2n) is 6.32. The summed E-state index contributed by atoms with van der Waals surface area (Å²) in [4.78, 5) is 9.06. The van der Waals surface area contributed by atoms with Crippen LogP contribution in [0.25, 0.3) is 11.0 Å². The molecular formula is C20H23N3O. The zero-order chi connectivity index (χ0) is 16.9. The zero-order valence-electron chi connectivity index (χ0n) is 14.4. The molecule has 1 aromatic heterocycles. The van der Waals surface area contributed by atoms with Crippen LogP contribution in [0.4, 0.5) is 5.95 Å². The molecule has 0 radical (unpaired) electrons. The van der Waals surface area contributed by atoms with Crippen LogP contribution in [-0.2, 0) is 7.05 Å². The van der Waals surface area contributed by atoms with Crippen LogP contribution in [0.2, 0.25) is 0 Å². The molecule has 3 rings (SSSR count). The molecule has 0 bridgehead atoms. The van der Waals surface area contributed by atoms with Crippen LogP contribution in [0.15, 0.2) is 53.5 Å². The van der Waals surface area contributed by atoms with Gasteiger partial charge in [0.05, 0.1) is 17.6 Å². The first-order valence-corrected chi connectivity index (χ1v) is 8.32. The van der Waals surface area contributed by atoms with Crippen LogP contribution in [0.1, 0.15) is 25.8 Å². The normalized spacial score (nSPS) is 11.7. The van der Waals surface area contributed by atoms with Crippen molar-refractivity contribution in [2.45, 2.75) is 20.3 Å². The first-order valence-electron chi connectivity index (χ1n) is 8.32. The lowest BCUT2D eigenvalue weighted by Gasteiger charge is -2.07. The minimum atomic E-state index is 0.657. The van der Waals surface area contributed by atoms with Crippen LogP contribution in [0.3, 0.4) is 0 Å². The highest BCUT2D eigenvalue weighted by Crippen LogP contribution is 2.20. The quantitative estimate of drug-likeness (QED) is 0.615. The first-order chi connectivity index (χ1) is 11.6. The van der Waals surface area contributed by atoms with Crippen molar-refractivity contribution in [3.8, 4) is 5.75 Å². The standard InChI is InChI=1S/C20H23N3O/c1-15(2)12-13-24-17-10-8-16(9-11-17)14-21-20-22-18-6-4-5-7-19(18)23(20)3/h4-11,14-15H,12-13H2,1-3H3/b21-14+. The first kappa shape index (κ1) is 16.2. The fourth-order valence-electron chi connectivity index (χ4n) is 2.44. The topological polar surface area (TPSA) is 39.4 Å². The van der Waals surface area contributed by atoms with E-state index < -0.39 is 0 Å². The summed E-state index contributed by atoms with van der Waals surface area (Å²) >= 11 is 0. The smallest absolute Gasteiger partial charge is 0.230 e. The van der Waals surface area contributed by atoms with Gasteiger partial charge in [0.2, 0.25) is 5.95 Å². The lowest BCUT2D eigenvalue weighted by Crippen LogP contribution is -2.01. The minimum Gasteiger partial charge on any atom is -0.494 e. The molecule has 0 unspecified atom stereocenters. The van der Waals surface area contributed by atoms with E-state index in [4.69, 9.17) is 4.74 Å². The number of nitrogens with zero attached hydrogens (tertiary/aromatic N) is 3. The number of ether oxygens (including phenoxy) is 1. The molecule has 2 aromatic carbocycles. The Kier molecular flexibility index (Phi) is 4.94. The number of hydrogen-bond acceptors (Lipinski definition) is 3. The Morgan fingerprint density at radius 1 is 1.12 bits per heavy atom. The third kappa shape index (κ3) is 3.82. The van der Waals surface area contributed by atoms with E-state index in [9.17, 15) is 0 Å². The average molecular weight is 321 g/mol. The van der Waals surface area contributed by atoms with Crippen LogP contribution in [0.5, 0.6) is 5.75 Å². The maximum Gasteiger partial charge on any atom is 0.230 e. The Bertz CT molecular complexity index is 832. The number of para-hydroxylation sites is 2. The number of aromatic nitrogens is 2. The molecule has 0 fully saturated rings. The van der Waals surface area contributed by atoms with Crippen molar-refractivity contribution in [2.24, 2.45) is 18.0 Å². The van der Waals surface area contributed by atoms with Gasteiger partial charge in [-0.05, 0) is 54.3 Å². The van der Waals surface area contributed by atoms with Crippen LogP contribution >= 0.6 is 0 Å². The van der Waals surface area contributed by atoms with Crippen molar-refractivity contribution in [2.75, 3.05) is 6.61 Å². The summed E-state index contributed by atoms with van der Waals surface area (Å²) < 4.78 is 7.73. The number of hydrogen-bond donors (Lipinski definition) is 0. The molecule has 0 saturated carbocycles. The predicted molar refractivity (Wildman–Crippen MR) is 99.4 cm³/mol. The van der Waals surface area contributed by atoms with E-state index in [1.165, 1.54) is 0 Å². The van der Waals surface area contributed by atoms with E-state index in [2.05, 4.69) is 23.8 Å². The summed E-state index contributed by atoms with van der Waals surface area (Å²) in [7, 11) is 1.98. The SMILES string of the molecule is CC(C)CCOc1ccc(/C=N/c2nc3ccccc3n2C)cc1. The van der Waals surface area contributed by atoms with Gasteiger partial charge in [-0.25, -0.2) is 9.98 Å². The van der Waals surface area contributed by atoms with Gasteiger partial charge in [-0.3, -0.25) is 0 Å². The maximum atomic E-state index is 5.73. The minimum absolute atomic E-state index is 0.657. The molecule has 0 aliphatic rings. The molecule has 0 saturated heterocycles. The highest BCUT2D eigenvalue weighted by Gasteiger charge is 2.04. The summed E-state index contributed by atoms with van der Waals surface area (Å²) in [6.45, 7) is 5.15. The Labute approximate surface area is 142 Å². The number of imidazole rings is 1. The molecular weight excluding hydrogens is 298 g/mol. The van der Waals surface area contributed by atoms with Gasteiger partial charge >= 0.3 is 0 Å². The second-order valence-corrected chi connectivity index (χ2v) is 6.32. The third-order valence-corrected chi connectivity index (χ3v) is 3.94. The van der Waals surface area contributed by atoms with E-state index in [1.54, 1.807) is 0 Å². The summed E-state index contributed by atoms with van der Waals surface area (Å²) in [5, 5.41) is 0. The molecule has 0 aliphatic heterocycles. The van der Waals surface area contributed by atoms with Gasteiger partial charge in [-0.15, -0.1) is 0 Å². The van der Waals surface area contributed by atoms with Gasteiger partial charge < -0.3 is 9.30 Å². The highest BCUT2D eigenvalue weighted by molar-refractivity contribution is 5.83. The van der Waals surface area contributed by atoms with Crippen molar-refractivity contribution in [3.63, 3.8) is 0 Å². The summed E-state index contributed by atoms with van der Waals surface area (Å²) in [6, 6.07) is 16.0. The number of rotatable bonds is 6. The van der Waals surface area contributed by atoms with Crippen LogP contribution < -0.4 is 4.74 Å². The van der Waals surface area contributed by atoms with E-state index in [-0.39, 0.29) is 0 Å². The lowest BCUT2D eigenvalue weighted by atomic mass is 10.1. The predicted octanol–water partition coefficient (Wildman–Crippen LogP) is 4.75. The van der Waals surface area contributed by atoms with Crippen LogP contribution in [-0.4, -0.2) is 22.4 Å². The Morgan fingerprint density at radius 2 is 1.88 bits per heavy atom. The van der Waals surface area contributed by atoms with Gasteiger partial charge in [-0.2, -0.15) is 0 Å². The Morgan fingerprint density at radius 3 is 2.58 bits per heavy atom. The van der Waals surface area contributed by atoms with Crippen LogP contribution in [0, 0.1) is 5.92 Å². The van der Waals surface area contributed by atoms with Crippen molar-refractivity contribution in [1.82, 2.24) is 9.55 Å². The zero-order valence-corrected chi connectivity index (χ0v) is 14.4. The fourth-order valence-corrected chi connectivity index (χ4v) is 2.44. The molecule has 0 aliphatic carbocycles. The number of fused-ring (bicyclic) bond motifs is 1. The summed E-state index contributed by atoms with van der Waals surface area (Å²) in [6.07, 6.45) is 2.90. The Hall–Kier alpha value is -2.62. The van der Waals surface area contributed by atoms with Crippen molar-refractivity contribution < 1.29 is 4.74 Å². The second kappa shape index (κ2) is 7.30. The average Bonchev–Trinajstić information content (AvgIpc) is 2.90. The number of aryl methyl sites for hydroxylation is 1. The monoisotopic (exact) mass is 321 g/mol. The van der Waals surface area contributed by atoms with Gasteiger partial charge in [-0.1, -0.05) is 26.0 Å². The van der Waals surface area contributed by atoms with E-state index in [0.29, 0.717) is 11.9 Å². The van der Waals surface area contributed by atoms with Crippen molar-refractivity contribution >= 4 is 23.2 Å². The van der Waals surface area contributed by atoms with Gasteiger partial charge in [0.15, 0.2) is 0 Å².